The van der Waals surface area contributed by atoms with Crippen LogP contribution >= 0.6 is 22.6 Å². The summed E-state index contributed by atoms with van der Waals surface area (Å²) >= 11 is 2.28. The molecule has 3 rings (SSSR count). The Kier molecular flexibility index (Phi) is 8.44. The van der Waals surface area contributed by atoms with Crippen LogP contribution in [-0.2, 0) is 0 Å². The van der Waals surface area contributed by atoms with Crippen molar-refractivity contribution in [3.63, 3.8) is 0 Å². The van der Waals surface area contributed by atoms with Crippen molar-refractivity contribution in [1.29, 1.82) is 0 Å². The van der Waals surface area contributed by atoms with Gasteiger partial charge in [-0.3, -0.25) is 4.79 Å². The maximum absolute atomic E-state index is 12.5. The SMILES string of the molecule is CCCC1CCCN(C[C@@H]2CCCC[C@H]2CNC(=O)c2ccc(I)cc2)C1. The predicted octanol–water partition coefficient (Wildman–Crippen LogP) is 5.34. The lowest BCUT2D eigenvalue weighted by Crippen LogP contribution is -2.43. The molecule has 3 nitrogen and oxygen atoms in total. The molecule has 0 bridgehead atoms. The fraction of sp³-hybridized carbons (Fsp3) is 0.696. The highest BCUT2D eigenvalue weighted by atomic mass is 127. The molecular formula is C23H35IN2O. The number of hydrogen-bond donors (Lipinski definition) is 1. The minimum absolute atomic E-state index is 0.0803. The fourth-order valence-corrected chi connectivity index (χ4v) is 5.37. The third-order valence-electron chi connectivity index (χ3n) is 6.49. The number of benzene rings is 1. The van der Waals surface area contributed by atoms with Crippen LogP contribution < -0.4 is 5.32 Å². The molecule has 1 saturated heterocycles. The zero-order valence-electron chi connectivity index (χ0n) is 16.8. The molecule has 0 aromatic heterocycles. The van der Waals surface area contributed by atoms with E-state index in [1.807, 2.05) is 24.3 Å². The van der Waals surface area contributed by atoms with Crippen molar-refractivity contribution >= 4 is 28.5 Å². The second kappa shape index (κ2) is 10.8. The summed E-state index contributed by atoms with van der Waals surface area (Å²) in [7, 11) is 0. The molecule has 1 amide bonds. The Balaban J connectivity index is 1.50. The first-order chi connectivity index (χ1) is 13.2. The summed E-state index contributed by atoms with van der Waals surface area (Å²) in [5.41, 5.74) is 0.779. The largest absolute Gasteiger partial charge is 0.352 e. The average Bonchev–Trinajstić information content (AvgIpc) is 2.68. The summed E-state index contributed by atoms with van der Waals surface area (Å²) < 4.78 is 1.17. The Morgan fingerprint density at radius 3 is 2.59 bits per heavy atom. The maximum atomic E-state index is 12.5. The number of likely N-dealkylation sites (tertiary alicyclic amines) is 1. The van der Waals surface area contributed by atoms with E-state index in [1.165, 1.54) is 74.6 Å². The van der Waals surface area contributed by atoms with Gasteiger partial charge in [0.05, 0.1) is 0 Å². The number of carbonyl (C=O) groups is 1. The molecule has 1 saturated carbocycles. The standard InChI is InChI=1S/C23H35IN2O/c1-2-6-18-7-5-14-26(16-18)17-21-9-4-3-8-20(21)15-25-23(27)19-10-12-22(24)13-11-19/h10-13,18,20-21H,2-9,14-17H2,1H3,(H,25,27)/t18?,20-,21-/m0/s1. The second-order valence-electron chi connectivity index (χ2n) is 8.58. The first-order valence-electron chi connectivity index (χ1n) is 10.9. The molecule has 2 aliphatic rings. The van der Waals surface area contributed by atoms with Gasteiger partial charge in [-0.25, -0.2) is 0 Å². The Labute approximate surface area is 178 Å². The van der Waals surface area contributed by atoms with Gasteiger partial charge in [0.1, 0.15) is 0 Å². The minimum Gasteiger partial charge on any atom is -0.352 e. The summed E-state index contributed by atoms with van der Waals surface area (Å²) in [4.78, 5) is 15.2. The smallest absolute Gasteiger partial charge is 0.251 e. The van der Waals surface area contributed by atoms with Crippen LogP contribution in [-0.4, -0.2) is 37.0 Å². The molecule has 1 aliphatic carbocycles. The molecule has 3 atom stereocenters. The number of nitrogens with zero attached hydrogens (tertiary/aromatic N) is 1. The molecule has 27 heavy (non-hydrogen) atoms. The van der Waals surface area contributed by atoms with Crippen LogP contribution in [0.5, 0.6) is 0 Å². The third kappa shape index (κ3) is 6.45. The van der Waals surface area contributed by atoms with Crippen LogP contribution in [0.4, 0.5) is 0 Å². The third-order valence-corrected chi connectivity index (χ3v) is 7.21. The van der Waals surface area contributed by atoms with Gasteiger partial charge in [-0.1, -0.05) is 26.2 Å². The van der Waals surface area contributed by atoms with E-state index in [0.717, 1.165) is 23.9 Å². The van der Waals surface area contributed by atoms with Crippen molar-refractivity contribution in [3.05, 3.63) is 33.4 Å². The molecule has 1 aromatic rings. The van der Waals surface area contributed by atoms with Crippen LogP contribution in [0.2, 0.25) is 0 Å². The first kappa shape index (κ1) is 21.1. The Bertz CT molecular complexity index is 587. The number of amides is 1. The molecule has 4 heteroatoms. The summed E-state index contributed by atoms with van der Waals surface area (Å²) in [5.74, 6) is 2.37. The molecule has 0 spiro atoms. The second-order valence-corrected chi connectivity index (χ2v) is 9.82. The minimum atomic E-state index is 0.0803. The van der Waals surface area contributed by atoms with Gasteiger partial charge in [0.15, 0.2) is 0 Å². The molecule has 2 fully saturated rings. The van der Waals surface area contributed by atoms with Gasteiger partial charge >= 0.3 is 0 Å². The zero-order valence-corrected chi connectivity index (χ0v) is 18.9. The van der Waals surface area contributed by atoms with E-state index in [4.69, 9.17) is 0 Å². The zero-order chi connectivity index (χ0) is 19.1. The van der Waals surface area contributed by atoms with E-state index < -0.39 is 0 Å². The van der Waals surface area contributed by atoms with Gasteiger partial charge in [0.25, 0.3) is 5.91 Å². The van der Waals surface area contributed by atoms with Gasteiger partial charge in [-0.05, 0) is 103 Å². The van der Waals surface area contributed by atoms with Gasteiger partial charge in [-0.2, -0.15) is 0 Å². The molecule has 150 valence electrons. The first-order valence-corrected chi connectivity index (χ1v) is 12.0. The van der Waals surface area contributed by atoms with Crippen molar-refractivity contribution in [3.8, 4) is 0 Å². The quantitative estimate of drug-likeness (QED) is 0.533. The van der Waals surface area contributed by atoms with E-state index in [2.05, 4.69) is 39.7 Å². The van der Waals surface area contributed by atoms with Crippen LogP contribution in [0.25, 0.3) is 0 Å². The summed E-state index contributed by atoms with van der Waals surface area (Å²) in [5, 5.41) is 3.22. The molecule has 0 radical (unpaired) electrons. The summed E-state index contributed by atoms with van der Waals surface area (Å²) in [6.45, 7) is 6.96. The van der Waals surface area contributed by atoms with E-state index in [-0.39, 0.29) is 5.91 Å². The number of rotatable bonds is 7. The van der Waals surface area contributed by atoms with E-state index >= 15 is 0 Å². The highest BCUT2D eigenvalue weighted by Crippen LogP contribution is 2.32. The van der Waals surface area contributed by atoms with Crippen molar-refractivity contribution in [2.75, 3.05) is 26.2 Å². The topological polar surface area (TPSA) is 32.3 Å². The highest BCUT2D eigenvalue weighted by Gasteiger charge is 2.29. The molecule has 1 aliphatic heterocycles. The van der Waals surface area contributed by atoms with Gasteiger partial charge in [0, 0.05) is 28.8 Å². The lowest BCUT2D eigenvalue weighted by molar-refractivity contribution is 0.0892. The van der Waals surface area contributed by atoms with Crippen LogP contribution in [0.3, 0.4) is 0 Å². The van der Waals surface area contributed by atoms with Gasteiger partial charge in [0.2, 0.25) is 0 Å². The van der Waals surface area contributed by atoms with Crippen LogP contribution in [0, 0.1) is 21.3 Å². The number of piperidine rings is 1. The van der Waals surface area contributed by atoms with Crippen molar-refractivity contribution in [2.45, 2.75) is 58.3 Å². The lowest BCUT2D eigenvalue weighted by Gasteiger charge is -2.39. The van der Waals surface area contributed by atoms with Gasteiger partial charge < -0.3 is 10.2 Å². The van der Waals surface area contributed by atoms with Crippen LogP contribution in [0.1, 0.15) is 68.6 Å². The monoisotopic (exact) mass is 482 g/mol. The number of nitrogens with one attached hydrogen (secondary N) is 1. The van der Waals surface area contributed by atoms with E-state index in [9.17, 15) is 4.79 Å². The molecule has 1 heterocycles. The molecular weight excluding hydrogens is 447 g/mol. The Hall–Kier alpha value is -0.620. The maximum Gasteiger partial charge on any atom is 0.251 e. The lowest BCUT2D eigenvalue weighted by atomic mass is 9.78. The number of halogens is 1. The number of carbonyl (C=O) groups excluding carboxylic acids is 1. The van der Waals surface area contributed by atoms with E-state index in [0.29, 0.717) is 5.92 Å². The highest BCUT2D eigenvalue weighted by molar-refractivity contribution is 14.1. The summed E-state index contributed by atoms with van der Waals surface area (Å²) in [6.07, 6.45) is 10.8. The molecule has 1 aromatic carbocycles. The van der Waals surface area contributed by atoms with E-state index in [1.54, 1.807) is 0 Å². The van der Waals surface area contributed by atoms with Crippen LogP contribution in [0.15, 0.2) is 24.3 Å². The fourth-order valence-electron chi connectivity index (χ4n) is 5.01. The predicted molar refractivity (Wildman–Crippen MR) is 121 cm³/mol. The number of hydrogen-bond acceptors (Lipinski definition) is 2. The molecule has 1 N–H and O–H groups in total. The summed E-state index contributed by atoms with van der Waals surface area (Å²) in [6, 6.07) is 7.86. The van der Waals surface area contributed by atoms with Crippen molar-refractivity contribution in [1.82, 2.24) is 10.2 Å². The van der Waals surface area contributed by atoms with Gasteiger partial charge in [-0.15, -0.1) is 0 Å². The Morgan fingerprint density at radius 1 is 1.11 bits per heavy atom. The average molecular weight is 482 g/mol. The van der Waals surface area contributed by atoms with Crippen molar-refractivity contribution in [2.24, 2.45) is 17.8 Å². The molecule has 1 unspecified atom stereocenters. The van der Waals surface area contributed by atoms with Crippen molar-refractivity contribution < 1.29 is 4.79 Å². The Morgan fingerprint density at radius 2 is 1.85 bits per heavy atom. The normalized spacial score (nSPS) is 26.7.